The summed E-state index contributed by atoms with van der Waals surface area (Å²) in [5.74, 6) is 0.711. The largest absolute Gasteiger partial charge is 0.491 e. The molecule has 0 saturated carbocycles. The molecule has 1 atom stereocenters. The van der Waals surface area contributed by atoms with Gasteiger partial charge in [0.2, 0.25) is 0 Å². The fourth-order valence-electron chi connectivity index (χ4n) is 3.79. The van der Waals surface area contributed by atoms with Crippen LogP contribution in [0.25, 0.3) is 0 Å². The Hall–Kier alpha value is -2.43. The number of carbonyl (C=O) groups is 1. The lowest BCUT2D eigenvalue weighted by Crippen LogP contribution is -2.38. The molecule has 2 aromatic carbocycles. The summed E-state index contributed by atoms with van der Waals surface area (Å²) in [5, 5.41) is 2.20. The SMILES string of the molecule is CC(=O)c1ccccc1OCCN1CCc2sccc2C1c1ccccc1. The maximum atomic E-state index is 11.8. The fraction of sp³-hybridized carbons (Fsp3) is 0.261. The van der Waals surface area contributed by atoms with Gasteiger partial charge in [-0.2, -0.15) is 0 Å². The van der Waals surface area contributed by atoms with E-state index in [-0.39, 0.29) is 11.8 Å². The lowest BCUT2D eigenvalue weighted by molar-refractivity contribution is 0.101. The van der Waals surface area contributed by atoms with E-state index in [4.69, 9.17) is 4.74 Å². The average molecular weight is 378 g/mol. The topological polar surface area (TPSA) is 29.5 Å². The summed E-state index contributed by atoms with van der Waals surface area (Å²) in [4.78, 5) is 15.8. The highest BCUT2D eigenvalue weighted by Gasteiger charge is 2.29. The van der Waals surface area contributed by atoms with Crippen molar-refractivity contribution in [2.75, 3.05) is 19.7 Å². The van der Waals surface area contributed by atoms with E-state index in [0.29, 0.717) is 17.9 Å². The Morgan fingerprint density at radius 1 is 1.11 bits per heavy atom. The van der Waals surface area contributed by atoms with Crippen molar-refractivity contribution in [1.29, 1.82) is 0 Å². The number of Topliss-reactive ketones (excluding diaryl/α,β-unsaturated/α-hetero) is 1. The van der Waals surface area contributed by atoms with E-state index in [0.717, 1.165) is 19.5 Å². The van der Waals surface area contributed by atoms with Crippen LogP contribution in [-0.2, 0) is 6.42 Å². The van der Waals surface area contributed by atoms with Crippen LogP contribution in [0.5, 0.6) is 5.75 Å². The summed E-state index contributed by atoms with van der Waals surface area (Å²) >= 11 is 1.86. The Kier molecular flexibility index (Phi) is 5.37. The van der Waals surface area contributed by atoms with E-state index < -0.39 is 0 Å². The van der Waals surface area contributed by atoms with Crippen LogP contribution < -0.4 is 4.74 Å². The highest BCUT2D eigenvalue weighted by atomic mass is 32.1. The summed E-state index contributed by atoms with van der Waals surface area (Å²) in [6.45, 7) is 3.98. The number of rotatable bonds is 6. The van der Waals surface area contributed by atoms with E-state index in [1.165, 1.54) is 16.0 Å². The minimum absolute atomic E-state index is 0.0358. The van der Waals surface area contributed by atoms with Crippen molar-refractivity contribution in [3.63, 3.8) is 0 Å². The molecule has 1 aromatic heterocycles. The number of hydrogen-bond donors (Lipinski definition) is 0. The van der Waals surface area contributed by atoms with Gasteiger partial charge in [-0.1, -0.05) is 42.5 Å². The summed E-state index contributed by atoms with van der Waals surface area (Å²) in [6, 6.07) is 20.7. The number of nitrogens with zero attached hydrogens (tertiary/aromatic N) is 1. The molecular formula is C23H23NO2S. The van der Waals surface area contributed by atoms with Gasteiger partial charge in [-0.25, -0.2) is 0 Å². The molecule has 3 aromatic rings. The van der Waals surface area contributed by atoms with Gasteiger partial charge in [0.05, 0.1) is 11.6 Å². The number of hydrogen-bond acceptors (Lipinski definition) is 4. The van der Waals surface area contributed by atoms with Gasteiger partial charge in [-0.15, -0.1) is 11.3 Å². The van der Waals surface area contributed by atoms with E-state index in [1.54, 1.807) is 6.92 Å². The number of ketones is 1. The molecule has 4 heteroatoms. The molecule has 1 aliphatic rings. The summed E-state index contributed by atoms with van der Waals surface area (Å²) < 4.78 is 5.99. The van der Waals surface area contributed by atoms with Crippen molar-refractivity contribution in [1.82, 2.24) is 4.90 Å². The van der Waals surface area contributed by atoms with Crippen molar-refractivity contribution < 1.29 is 9.53 Å². The average Bonchev–Trinajstić information content (AvgIpc) is 3.17. The Morgan fingerprint density at radius 2 is 1.89 bits per heavy atom. The van der Waals surface area contributed by atoms with Crippen LogP contribution >= 0.6 is 11.3 Å². The standard InChI is InChI=1S/C23H23NO2S/c1-17(25)19-9-5-6-10-21(19)26-15-14-24-13-11-22-20(12-16-27-22)23(24)18-7-3-2-4-8-18/h2-10,12,16,23H,11,13-15H2,1H3. The molecule has 3 nitrogen and oxygen atoms in total. The minimum atomic E-state index is 0.0358. The van der Waals surface area contributed by atoms with Crippen molar-refractivity contribution in [2.24, 2.45) is 0 Å². The van der Waals surface area contributed by atoms with Crippen LogP contribution in [0.4, 0.5) is 0 Å². The van der Waals surface area contributed by atoms with Crippen molar-refractivity contribution in [2.45, 2.75) is 19.4 Å². The summed E-state index contributed by atoms with van der Waals surface area (Å²) in [5.41, 5.74) is 3.39. The third-order valence-electron chi connectivity index (χ3n) is 5.08. The Labute approximate surface area is 164 Å². The predicted molar refractivity (Wildman–Crippen MR) is 110 cm³/mol. The lowest BCUT2D eigenvalue weighted by Gasteiger charge is -2.36. The highest BCUT2D eigenvalue weighted by molar-refractivity contribution is 7.10. The van der Waals surface area contributed by atoms with Gasteiger partial charge >= 0.3 is 0 Å². The fourth-order valence-corrected chi connectivity index (χ4v) is 4.69. The first-order valence-electron chi connectivity index (χ1n) is 9.32. The molecule has 1 unspecified atom stereocenters. The maximum absolute atomic E-state index is 11.8. The first kappa shape index (κ1) is 18.0. The van der Waals surface area contributed by atoms with Crippen molar-refractivity contribution in [3.8, 4) is 5.75 Å². The molecular weight excluding hydrogens is 354 g/mol. The molecule has 1 aliphatic heterocycles. The monoisotopic (exact) mass is 377 g/mol. The third kappa shape index (κ3) is 3.82. The number of carbonyl (C=O) groups excluding carboxylic acids is 1. The van der Waals surface area contributed by atoms with E-state index in [1.807, 2.05) is 35.6 Å². The third-order valence-corrected chi connectivity index (χ3v) is 6.08. The van der Waals surface area contributed by atoms with E-state index in [2.05, 4.69) is 46.7 Å². The lowest BCUT2D eigenvalue weighted by atomic mass is 9.93. The normalized spacial score (nSPS) is 16.7. The maximum Gasteiger partial charge on any atom is 0.163 e. The zero-order valence-electron chi connectivity index (χ0n) is 15.4. The number of para-hydroxylation sites is 1. The van der Waals surface area contributed by atoms with Gasteiger partial charge < -0.3 is 4.74 Å². The zero-order chi connectivity index (χ0) is 18.6. The second-order valence-corrected chi connectivity index (χ2v) is 7.80. The van der Waals surface area contributed by atoms with Gasteiger partial charge in [0, 0.05) is 18.0 Å². The van der Waals surface area contributed by atoms with Gasteiger partial charge in [0.15, 0.2) is 5.78 Å². The Bertz CT molecular complexity index is 919. The van der Waals surface area contributed by atoms with Gasteiger partial charge in [-0.3, -0.25) is 9.69 Å². The Balaban J connectivity index is 1.51. The van der Waals surface area contributed by atoms with Gasteiger partial charge in [0.25, 0.3) is 0 Å². The summed E-state index contributed by atoms with van der Waals surface area (Å²) in [7, 11) is 0. The van der Waals surface area contributed by atoms with Crippen LogP contribution in [-0.4, -0.2) is 30.4 Å². The number of fused-ring (bicyclic) bond motifs is 1. The molecule has 2 heterocycles. The minimum Gasteiger partial charge on any atom is -0.491 e. The molecule has 0 radical (unpaired) electrons. The van der Waals surface area contributed by atoms with Crippen molar-refractivity contribution in [3.05, 3.63) is 87.6 Å². The second-order valence-electron chi connectivity index (χ2n) is 6.80. The van der Waals surface area contributed by atoms with E-state index in [9.17, 15) is 4.79 Å². The van der Waals surface area contributed by atoms with Crippen LogP contribution in [0.1, 0.15) is 39.3 Å². The number of ether oxygens (including phenoxy) is 1. The quantitative estimate of drug-likeness (QED) is 0.568. The summed E-state index contributed by atoms with van der Waals surface area (Å²) in [6.07, 6.45) is 1.08. The first-order chi connectivity index (χ1) is 13.2. The number of benzene rings is 2. The molecule has 0 fully saturated rings. The molecule has 0 amide bonds. The molecule has 0 N–H and O–H groups in total. The molecule has 27 heavy (non-hydrogen) atoms. The van der Waals surface area contributed by atoms with Gasteiger partial charge in [0.1, 0.15) is 12.4 Å². The molecule has 0 saturated heterocycles. The van der Waals surface area contributed by atoms with Crippen LogP contribution in [0.15, 0.2) is 66.0 Å². The van der Waals surface area contributed by atoms with Crippen LogP contribution in [0, 0.1) is 0 Å². The van der Waals surface area contributed by atoms with Crippen LogP contribution in [0.2, 0.25) is 0 Å². The second kappa shape index (κ2) is 8.07. The molecule has 138 valence electrons. The zero-order valence-corrected chi connectivity index (χ0v) is 16.2. The Morgan fingerprint density at radius 3 is 2.70 bits per heavy atom. The molecule has 4 rings (SSSR count). The number of thiophene rings is 1. The van der Waals surface area contributed by atoms with Gasteiger partial charge in [-0.05, 0) is 48.1 Å². The van der Waals surface area contributed by atoms with Crippen molar-refractivity contribution >= 4 is 17.1 Å². The van der Waals surface area contributed by atoms with E-state index >= 15 is 0 Å². The smallest absolute Gasteiger partial charge is 0.163 e. The predicted octanol–water partition coefficient (Wildman–Crippen LogP) is 4.98. The molecule has 0 bridgehead atoms. The molecule has 0 spiro atoms. The highest BCUT2D eigenvalue weighted by Crippen LogP contribution is 2.37. The van der Waals surface area contributed by atoms with Crippen LogP contribution in [0.3, 0.4) is 0 Å². The molecule has 0 aliphatic carbocycles. The first-order valence-corrected chi connectivity index (χ1v) is 10.2.